The fourth-order valence-electron chi connectivity index (χ4n) is 6.20. The average Bonchev–Trinajstić information content (AvgIpc) is 3.48. The van der Waals surface area contributed by atoms with E-state index in [4.69, 9.17) is 15.0 Å². The van der Waals surface area contributed by atoms with Crippen LogP contribution in [0.2, 0.25) is 0 Å². The van der Waals surface area contributed by atoms with E-state index in [2.05, 4.69) is 6.07 Å². The monoisotopic (exact) mass is 643 g/mol. The Labute approximate surface area is 279 Å². The van der Waals surface area contributed by atoms with E-state index in [-0.39, 0.29) is 0 Å². The van der Waals surface area contributed by atoms with E-state index in [0.717, 1.165) is 39.0 Å². The Hall–Kier alpha value is -6.59. The molecule has 0 saturated carbocycles. The van der Waals surface area contributed by atoms with Gasteiger partial charge in [-0.2, -0.15) is 18.4 Å². The molecule has 234 valence electrons. The van der Waals surface area contributed by atoms with Gasteiger partial charge in [-0.05, 0) is 48.0 Å². The van der Waals surface area contributed by atoms with Crippen LogP contribution in [0.3, 0.4) is 0 Å². The normalized spacial score (nSPS) is 11.6. The molecule has 5 nitrogen and oxygen atoms in total. The van der Waals surface area contributed by atoms with Crippen LogP contribution in [-0.2, 0) is 6.18 Å². The minimum atomic E-state index is -4.51. The van der Waals surface area contributed by atoms with Crippen molar-refractivity contribution >= 4 is 21.8 Å². The second-order valence-corrected chi connectivity index (χ2v) is 11.5. The topological polar surface area (TPSA) is 67.4 Å². The first-order chi connectivity index (χ1) is 23.9. The van der Waals surface area contributed by atoms with Gasteiger partial charge in [-0.1, -0.05) is 103 Å². The minimum Gasteiger partial charge on any atom is -0.309 e. The quantitative estimate of drug-likeness (QED) is 0.187. The molecule has 0 unspecified atom stereocenters. The molecular formula is C41H24F3N5. The summed E-state index contributed by atoms with van der Waals surface area (Å²) in [6.07, 6.45) is -4.51. The van der Waals surface area contributed by atoms with Crippen molar-refractivity contribution in [2.24, 2.45) is 0 Å². The van der Waals surface area contributed by atoms with Gasteiger partial charge in [0.15, 0.2) is 17.5 Å². The van der Waals surface area contributed by atoms with Gasteiger partial charge in [0.05, 0.1) is 33.9 Å². The SMILES string of the molecule is N#Cc1ccc2c(c1)c1ccccc1n2-c1cc(-c2nc(-c3ccccc3)nc(-c3ccccc3)n2)ccc1-c1cccc(C(F)(F)F)c1. The number of nitriles is 1. The summed E-state index contributed by atoms with van der Waals surface area (Å²) in [5.74, 6) is 1.40. The van der Waals surface area contributed by atoms with Gasteiger partial charge in [0.25, 0.3) is 0 Å². The largest absolute Gasteiger partial charge is 0.416 e. The number of rotatable bonds is 5. The number of hydrogen-bond donors (Lipinski definition) is 0. The van der Waals surface area contributed by atoms with Gasteiger partial charge in [0, 0.05) is 33.0 Å². The zero-order valence-corrected chi connectivity index (χ0v) is 25.7. The Bertz CT molecular complexity index is 2490. The first-order valence-electron chi connectivity index (χ1n) is 15.5. The number of alkyl halides is 3. The third-order valence-corrected chi connectivity index (χ3v) is 8.50. The lowest BCUT2D eigenvalue weighted by molar-refractivity contribution is -0.137. The van der Waals surface area contributed by atoms with E-state index < -0.39 is 11.7 Å². The molecule has 0 bridgehead atoms. The Balaban J connectivity index is 1.43. The first-order valence-corrected chi connectivity index (χ1v) is 15.5. The van der Waals surface area contributed by atoms with E-state index in [1.807, 2.05) is 120 Å². The molecule has 0 atom stereocenters. The predicted molar refractivity (Wildman–Crippen MR) is 186 cm³/mol. The van der Waals surface area contributed by atoms with Crippen LogP contribution in [0.15, 0.2) is 146 Å². The summed E-state index contributed by atoms with van der Waals surface area (Å²) in [5.41, 5.74) is 5.33. The predicted octanol–water partition coefficient (Wildman–Crippen LogP) is 10.5. The zero-order valence-electron chi connectivity index (χ0n) is 25.7. The van der Waals surface area contributed by atoms with E-state index in [0.29, 0.717) is 45.4 Å². The molecule has 0 spiro atoms. The number of benzene rings is 6. The molecule has 2 heterocycles. The fourth-order valence-corrected chi connectivity index (χ4v) is 6.20. The molecule has 0 aliphatic rings. The molecule has 0 radical (unpaired) electrons. The highest BCUT2D eigenvalue weighted by Crippen LogP contribution is 2.40. The van der Waals surface area contributed by atoms with Crippen molar-refractivity contribution in [1.29, 1.82) is 5.26 Å². The van der Waals surface area contributed by atoms with Crippen molar-refractivity contribution in [3.8, 4) is 57.0 Å². The maximum absolute atomic E-state index is 13.9. The van der Waals surface area contributed by atoms with Crippen LogP contribution in [0.4, 0.5) is 13.2 Å². The summed E-state index contributed by atoms with van der Waals surface area (Å²) in [5, 5.41) is 11.4. The third-order valence-electron chi connectivity index (χ3n) is 8.50. The Morgan fingerprint density at radius 1 is 0.510 bits per heavy atom. The van der Waals surface area contributed by atoms with Crippen molar-refractivity contribution in [1.82, 2.24) is 19.5 Å². The molecule has 0 N–H and O–H groups in total. The van der Waals surface area contributed by atoms with Crippen molar-refractivity contribution in [2.45, 2.75) is 6.18 Å². The van der Waals surface area contributed by atoms with Crippen LogP contribution in [-0.4, -0.2) is 19.5 Å². The lowest BCUT2D eigenvalue weighted by atomic mass is 9.98. The molecule has 8 rings (SSSR count). The molecule has 0 aliphatic heterocycles. The van der Waals surface area contributed by atoms with E-state index in [1.54, 1.807) is 12.1 Å². The number of halogens is 3. The summed E-state index contributed by atoms with van der Waals surface area (Å²) in [4.78, 5) is 14.6. The number of hydrogen-bond acceptors (Lipinski definition) is 4. The molecule has 0 amide bonds. The van der Waals surface area contributed by atoms with Crippen molar-refractivity contribution in [3.05, 3.63) is 157 Å². The molecule has 0 aliphatic carbocycles. The second kappa shape index (κ2) is 11.9. The fraction of sp³-hybridized carbons (Fsp3) is 0.0244. The van der Waals surface area contributed by atoms with Crippen LogP contribution in [0, 0.1) is 11.3 Å². The molecule has 0 fully saturated rings. The van der Waals surface area contributed by atoms with Crippen molar-refractivity contribution in [2.75, 3.05) is 0 Å². The Kier molecular flexibility index (Phi) is 7.23. The average molecular weight is 644 g/mol. The molecule has 2 aromatic heterocycles. The number of aromatic nitrogens is 4. The zero-order chi connectivity index (χ0) is 33.5. The summed E-state index contributed by atoms with van der Waals surface area (Å²) < 4.78 is 43.8. The third kappa shape index (κ3) is 5.47. The first kappa shape index (κ1) is 29.8. The van der Waals surface area contributed by atoms with Crippen LogP contribution in [0.1, 0.15) is 11.1 Å². The summed E-state index contributed by atoms with van der Waals surface area (Å²) in [7, 11) is 0. The molecule has 0 saturated heterocycles. The Morgan fingerprint density at radius 2 is 1.10 bits per heavy atom. The van der Waals surface area contributed by atoms with Crippen LogP contribution < -0.4 is 0 Å². The standard InChI is InChI=1S/C41H24F3N5/c42-41(43,44)31-15-9-14-29(23-31)32-20-19-30(24-37(32)49-35-17-8-7-16-33(35)34-22-26(25-45)18-21-36(34)49)40-47-38(27-10-3-1-4-11-27)46-39(48-40)28-12-5-2-6-13-28/h1-24H. The molecule has 6 aromatic carbocycles. The highest BCUT2D eigenvalue weighted by molar-refractivity contribution is 6.10. The van der Waals surface area contributed by atoms with Gasteiger partial charge in [0.2, 0.25) is 0 Å². The second-order valence-electron chi connectivity index (χ2n) is 11.5. The van der Waals surface area contributed by atoms with Gasteiger partial charge in [-0.25, -0.2) is 15.0 Å². The number of fused-ring (bicyclic) bond motifs is 3. The summed E-state index contributed by atoms with van der Waals surface area (Å²) in [6.45, 7) is 0. The lowest BCUT2D eigenvalue weighted by Gasteiger charge is -2.17. The van der Waals surface area contributed by atoms with Crippen LogP contribution in [0.25, 0.3) is 72.8 Å². The van der Waals surface area contributed by atoms with Crippen molar-refractivity contribution < 1.29 is 13.2 Å². The van der Waals surface area contributed by atoms with Crippen LogP contribution >= 0.6 is 0 Å². The smallest absolute Gasteiger partial charge is 0.309 e. The van der Waals surface area contributed by atoms with Gasteiger partial charge in [-0.3, -0.25) is 0 Å². The highest BCUT2D eigenvalue weighted by atomic mass is 19.4. The van der Waals surface area contributed by atoms with Crippen LogP contribution in [0.5, 0.6) is 0 Å². The maximum Gasteiger partial charge on any atom is 0.416 e. The highest BCUT2D eigenvalue weighted by Gasteiger charge is 2.31. The maximum atomic E-state index is 13.9. The molecule has 8 aromatic rings. The van der Waals surface area contributed by atoms with Gasteiger partial charge < -0.3 is 4.57 Å². The number of para-hydroxylation sites is 1. The summed E-state index contributed by atoms with van der Waals surface area (Å²) >= 11 is 0. The molecular weight excluding hydrogens is 619 g/mol. The lowest BCUT2D eigenvalue weighted by Crippen LogP contribution is -2.05. The van der Waals surface area contributed by atoms with Crippen molar-refractivity contribution in [3.63, 3.8) is 0 Å². The van der Waals surface area contributed by atoms with E-state index >= 15 is 0 Å². The Morgan fingerprint density at radius 3 is 1.76 bits per heavy atom. The van der Waals surface area contributed by atoms with E-state index in [1.165, 1.54) is 12.1 Å². The van der Waals surface area contributed by atoms with Gasteiger partial charge >= 0.3 is 6.18 Å². The van der Waals surface area contributed by atoms with Gasteiger partial charge in [0.1, 0.15) is 0 Å². The van der Waals surface area contributed by atoms with Gasteiger partial charge in [-0.15, -0.1) is 0 Å². The minimum absolute atomic E-state index is 0.404. The van der Waals surface area contributed by atoms with E-state index in [9.17, 15) is 18.4 Å². The molecule has 8 heteroatoms. The molecule has 49 heavy (non-hydrogen) atoms. The summed E-state index contributed by atoms with van der Waals surface area (Å²) in [6, 6.07) is 45.6. The number of nitrogens with zero attached hydrogens (tertiary/aromatic N) is 5.